The number of para-hydroxylation sites is 1. The Labute approximate surface area is 173 Å². The summed E-state index contributed by atoms with van der Waals surface area (Å²) in [5.74, 6) is -0.136. The largest absolute Gasteiger partial charge is 0.366 e. The van der Waals surface area contributed by atoms with Gasteiger partial charge in [0.25, 0.3) is 5.91 Å². The molecule has 2 aromatic rings. The van der Waals surface area contributed by atoms with E-state index in [4.69, 9.17) is 4.74 Å². The molecule has 1 aliphatic rings. The predicted molar refractivity (Wildman–Crippen MR) is 117 cm³/mol. The average Bonchev–Trinajstić information content (AvgIpc) is 2.82. The molecule has 0 spiro atoms. The summed E-state index contributed by atoms with van der Waals surface area (Å²) >= 11 is 0. The lowest BCUT2D eigenvalue weighted by Gasteiger charge is -2.27. The van der Waals surface area contributed by atoms with Crippen molar-refractivity contribution in [3.8, 4) is 0 Å². The molecule has 0 aliphatic carbocycles. The first-order valence-corrected chi connectivity index (χ1v) is 10.3. The normalized spacial score (nSPS) is 13.3. The molecule has 3 rings (SSSR count). The Kier molecular flexibility index (Phi) is 6.38. The number of hydrogen-bond acceptors (Lipinski definition) is 3. The molecule has 0 fully saturated rings. The van der Waals surface area contributed by atoms with E-state index >= 15 is 0 Å². The zero-order valence-corrected chi connectivity index (χ0v) is 17.7. The van der Waals surface area contributed by atoms with Crippen LogP contribution in [0.15, 0.2) is 42.5 Å². The van der Waals surface area contributed by atoms with Gasteiger partial charge in [-0.3, -0.25) is 14.5 Å². The second-order valence-corrected chi connectivity index (χ2v) is 8.40. The summed E-state index contributed by atoms with van der Waals surface area (Å²) in [5.41, 5.74) is 4.21. The van der Waals surface area contributed by atoms with Crippen LogP contribution >= 0.6 is 0 Å². The Morgan fingerprint density at radius 1 is 1.03 bits per heavy atom. The third-order valence-electron chi connectivity index (χ3n) is 4.86. The summed E-state index contributed by atoms with van der Waals surface area (Å²) in [7, 11) is 0. The van der Waals surface area contributed by atoms with E-state index in [-0.39, 0.29) is 18.4 Å². The van der Waals surface area contributed by atoms with Crippen molar-refractivity contribution in [1.82, 2.24) is 0 Å². The number of hydrogen-bond donors (Lipinski definition) is 1. The molecule has 1 heterocycles. The number of aryl methyl sites for hydroxylation is 2. The summed E-state index contributed by atoms with van der Waals surface area (Å²) < 4.78 is 5.78. The summed E-state index contributed by atoms with van der Waals surface area (Å²) in [6.07, 6.45) is 2.95. The minimum atomic E-state index is -0.403. The van der Waals surface area contributed by atoms with Crippen molar-refractivity contribution in [3.05, 3.63) is 53.6 Å². The molecule has 154 valence electrons. The van der Waals surface area contributed by atoms with Gasteiger partial charge in [0, 0.05) is 12.1 Å². The Balaban J connectivity index is 2.00. The summed E-state index contributed by atoms with van der Waals surface area (Å²) in [5, 5.41) is 2.94. The van der Waals surface area contributed by atoms with Gasteiger partial charge >= 0.3 is 0 Å². The lowest BCUT2D eigenvalue weighted by atomic mass is 10.0. The Morgan fingerprint density at radius 2 is 1.72 bits per heavy atom. The lowest BCUT2D eigenvalue weighted by Crippen LogP contribution is -2.34. The third-order valence-corrected chi connectivity index (χ3v) is 4.86. The maximum absolute atomic E-state index is 13.3. The molecule has 5 nitrogen and oxygen atoms in total. The second-order valence-electron chi connectivity index (χ2n) is 8.40. The molecule has 0 radical (unpaired) electrons. The van der Waals surface area contributed by atoms with Crippen LogP contribution in [0.25, 0.3) is 0 Å². The first-order valence-electron chi connectivity index (χ1n) is 10.3. The van der Waals surface area contributed by atoms with Crippen LogP contribution < -0.4 is 10.2 Å². The second kappa shape index (κ2) is 8.78. The van der Waals surface area contributed by atoms with Crippen LogP contribution in [0.2, 0.25) is 0 Å². The predicted octanol–water partition coefficient (Wildman–Crippen LogP) is 5.00. The van der Waals surface area contributed by atoms with Crippen molar-refractivity contribution >= 4 is 28.9 Å². The highest BCUT2D eigenvalue weighted by atomic mass is 16.5. The number of nitrogens with one attached hydrogen (secondary N) is 1. The van der Waals surface area contributed by atoms with Gasteiger partial charge in [0.1, 0.15) is 6.61 Å². The molecule has 0 saturated carbocycles. The van der Waals surface area contributed by atoms with Crippen molar-refractivity contribution in [1.29, 1.82) is 0 Å². The Bertz CT molecular complexity index is 899. The highest BCUT2D eigenvalue weighted by Crippen LogP contribution is 2.37. The van der Waals surface area contributed by atoms with Gasteiger partial charge in [-0.2, -0.15) is 0 Å². The van der Waals surface area contributed by atoms with Crippen molar-refractivity contribution in [2.75, 3.05) is 16.8 Å². The van der Waals surface area contributed by atoms with Gasteiger partial charge in [-0.15, -0.1) is 0 Å². The number of rotatable bonds is 5. The molecule has 2 aromatic carbocycles. The van der Waals surface area contributed by atoms with Crippen LogP contribution in [0.3, 0.4) is 0 Å². The fourth-order valence-corrected chi connectivity index (χ4v) is 3.46. The number of carbonyl (C=O) groups is 2. The fourth-order valence-electron chi connectivity index (χ4n) is 3.46. The molecular weight excluding hydrogens is 364 g/mol. The van der Waals surface area contributed by atoms with Crippen LogP contribution in [0, 0.1) is 0 Å². The fraction of sp³-hybridized carbons (Fsp3) is 0.417. The van der Waals surface area contributed by atoms with Gasteiger partial charge in [0.05, 0.1) is 17.0 Å². The highest BCUT2D eigenvalue weighted by molar-refractivity contribution is 6.04. The Hall–Kier alpha value is -2.66. The first-order chi connectivity index (χ1) is 13.8. The van der Waals surface area contributed by atoms with E-state index in [1.54, 1.807) is 4.90 Å². The van der Waals surface area contributed by atoms with Gasteiger partial charge in [-0.05, 0) is 69.4 Å². The monoisotopic (exact) mass is 394 g/mol. The van der Waals surface area contributed by atoms with Crippen molar-refractivity contribution < 1.29 is 14.3 Å². The number of amides is 2. The molecule has 0 bridgehead atoms. The topological polar surface area (TPSA) is 58.6 Å². The van der Waals surface area contributed by atoms with E-state index in [0.29, 0.717) is 12.1 Å². The summed E-state index contributed by atoms with van der Waals surface area (Å²) in [6, 6.07) is 13.8. The maximum Gasteiger partial charge on any atom is 0.257 e. The first kappa shape index (κ1) is 21.1. The SMILES string of the molecule is CCCC(=O)Nc1ccc2c(c1)N(C(=O)COC(C)(C)C)c1ccccc1CC2. The van der Waals surface area contributed by atoms with E-state index < -0.39 is 5.60 Å². The van der Waals surface area contributed by atoms with E-state index in [9.17, 15) is 9.59 Å². The maximum atomic E-state index is 13.3. The minimum absolute atomic E-state index is 0.0102. The van der Waals surface area contributed by atoms with Gasteiger partial charge < -0.3 is 10.1 Å². The smallest absolute Gasteiger partial charge is 0.257 e. The van der Waals surface area contributed by atoms with Crippen molar-refractivity contribution in [2.45, 2.75) is 59.0 Å². The molecule has 1 N–H and O–H groups in total. The zero-order valence-electron chi connectivity index (χ0n) is 17.7. The molecule has 0 atom stereocenters. The Morgan fingerprint density at radius 3 is 2.41 bits per heavy atom. The number of fused-ring (bicyclic) bond motifs is 2. The number of ether oxygens (including phenoxy) is 1. The minimum Gasteiger partial charge on any atom is -0.366 e. The summed E-state index contributed by atoms with van der Waals surface area (Å²) in [6.45, 7) is 7.77. The van der Waals surface area contributed by atoms with Gasteiger partial charge in [-0.1, -0.05) is 31.2 Å². The van der Waals surface area contributed by atoms with Gasteiger partial charge in [0.15, 0.2) is 0 Å². The van der Waals surface area contributed by atoms with E-state index in [1.165, 1.54) is 0 Å². The third kappa shape index (κ3) is 5.24. The molecule has 29 heavy (non-hydrogen) atoms. The van der Waals surface area contributed by atoms with E-state index in [0.717, 1.165) is 41.8 Å². The van der Waals surface area contributed by atoms with Gasteiger partial charge in [0.2, 0.25) is 5.91 Å². The molecule has 2 amide bonds. The van der Waals surface area contributed by atoms with Gasteiger partial charge in [-0.25, -0.2) is 0 Å². The average molecular weight is 395 g/mol. The van der Waals surface area contributed by atoms with Crippen LogP contribution in [-0.4, -0.2) is 24.0 Å². The molecule has 0 saturated heterocycles. The van der Waals surface area contributed by atoms with Crippen LogP contribution in [0.5, 0.6) is 0 Å². The van der Waals surface area contributed by atoms with E-state index in [2.05, 4.69) is 11.4 Å². The van der Waals surface area contributed by atoms with Crippen LogP contribution in [-0.2, 0) is 27.2 Å². The zero-order chi connectivity index (χ0) is 21.0. The number of nitrogens with zero attached hydrogens (tertiary/aromatic N) is 1. The molecule has 0 unspecified atom stereocenters. The van der Waals surface area contributed by atoms with E-state index in [1.807, 2.05) is 64.1 Å². The molecular formula is C24H30N2O3. The lowest BCUT2D eigenvalue weighted by molar-refractivity contribution is -0.127. The van der Waals surface area contributed by atoms with Crippen molar-refractivity contribution in [3.63, 3.8) is 0 Å². The number of carbonyl (C=O) groups excluding carboxylic acids is 2. The van der Waals surface area contributed by atoms with Crippen LogP contribution in [0.1, 0.15) is 51.7 Å². The quantitative estimate of drug-likeness (QED) is 0.776. The molecule has 5 heteroatoms. The number of benzene rings is 2. The van der Waals surface area contributed by atoms with Crippen LogP contribution in [0.4, 0.5) is 17.1 Å². The summed E-state index contributed by atoms with van der Waals surface area (Å²) in [4.78, 5) is 27.1. The molecule has 1 aliphatic heterocycles. The van der Waals surface area contributed by atoms with Crippen molar-refractivity contribution in [2.24, 2.45) is 0 Å². The standard InChI is InChI=1S/C24H30N2O3/c1-5-8-22(27)25-19-14-13-18-12-11-17-9-6-7-10-20(17)26(21(18)15-19)23(28)16-29-24(2,3)4/h6-7,9-10,13-15H,5,8,11-12,16H2,1-4H3,(H,25,27). The highest BCUT2D eigenvalue weighted by Gasteiger charge is 2.27. The number of anilines is 3. The molecule has 0 aromatic heterocycles.